The number of ketones is 1. The molecular weight excluding hydrogens is 342 g/mol. The Bertz CT molecular complexity index is 680. The smallest absolute Gasteiger partial charge is 0.306 e. The molecule has 1 N–H and O–H groups in total. The van der Waals surface area contributed by atoms with Crippen molar-refractivity contribution in [3.05, 3.63) is 22.4 Å². The van der Waals surface area contributed by atoms with Crippen LogP contribution in [0.25, 0.3) is 0 Å². The van der Waals surface area contributed by atoms with E-state index in [1.54, 1.807) is 17.5 Å². The fourth-order valence-electron chi connectivity index (χ4n) is 2.17. The zero-order valence-corrected chi connectivity index (χ0v) is 14.0. The van der Waals surface area contributed by atoms with Gasteiger partial charge < -0.3 is 10.1 Å². The largest absolute Gasteiger partial charge is 0.456 e. The summed E-state index contributed by atoms with van der Waals surface area (Å²) >= 11 is 1.30. The third-order valence-electron chi connectivity index (χ3n) is 3.31. The number of nitrogens with one attached hydrogen (secondary N) is 1. The number of amides is 1. The van der Waals surface area contributed by atoms with Crippen LogP contribution in [0.2, 0.25) is 0 Å². The van der Waals surface area contributed by atoms with Gasteiger partial charge in [0.15, 0.2) is 22.2 Å². The zero-order chi connectivity index (χ0) is 16.9. The lowest BCUT2D eigenvalue weighted by Crippen LogP contribution is -2.38. The first kappa shape index (κ1) is 17.6. The lowest BCUT2D eigenvalue weighted by molar-refractivity contribution is -0.148. The van der Waals surface area contributed by atoms with Gasteiger partial charge in [-0.1, -0.05) is 6.07 Å². The van der Waals surface area contributed by atoms with Crippen molar-refractivity contribution in [1.29, 1.82) is 0 Å². The lowest BCUT2D eigenvalue weighted by atomic mass is 10.2. The number of hydrogen-bond acceptors (Lipinski definition) is 7. The van der Waals surface area contributed by atoms with Crippen molar-refractivity contribution >= 4 is 38.8 Å². The molecule has 1 aromatic heterocycles. The quantitative estimate of drug-likeness (QED) is 0.563. The molecule has 1 aromatic rings. The van der Waals surface area contributed by atoms with Gasteiger partial charge in [-0.25, -0.2) is 8.42 Å². The monoisotopic (exact) mass is 359 g/mol. The van der Waals surface area contributed by atoms with Crippen molar-refractivity contribution in [2.45, 2.75) is 25.3 Å². The second kappa shape index (κ2) is 7.69. The first-order chi connectivity index (χ1) is 10.9. The molecule has 126 valence electrons. The van der Waals surface area contributed by atoms with Gasteiger partial charge in [0.2, 0.25) is 0 Å². The van der Waals surface area contributed by atoms with Gasteiger partial charge in [0, 0.05) is 12.5 Å². The molecule has 2 heterocycles. The van der Waals surface area contributed by atoms with Crippen LogP contribution in [-0.4, -0.2) is 50.2 Å². The van der Waals surface area contributed by atoms with Gasteiger partial charge in [-0.2, -0.15) is 0 Å². The van der Waals surface area contributed by atoms with E-state index in [0.29, 0.717) is 11.3 Å². The van der Waals surface area contributed by atoms with Crippen molar-refractivity contribution in [2.24, 2.45) is 0 Å². The van der Waals surface area contributed by atoms with E-state index in [1.807, 2.05) is 0 Å². The molecule has 1 saturated heterocycles. The fraction of sp³-hybridized carbons (Fsp3) is 0.500. The van der Waals surface area contributed by atoms with Crippen LogP contribution >= 0.6 is 11.3 Å². The normalized spacial score (nSPS) is 19.2. The summed E-state index contributed by atoms with van der Waals surface area (Å²) in [5.74, 6) is -1.34. The molecule has 23 heavy (non-hydrogen) atoms. The molecule has 0 spiro atoms. The van der Waals surface area contributed by atoms with Crippen LogP contribution in [0.15, 0.2) is 17.5 Å². The van der Waals surface area contributed by atoms with E-state index >= 15 is 0 Å². The number of Topliss-reactive ketones (excluding diaryl/α,β-unsaturated/α-hetero) is 1. The lowest BCUT2D eigenvalue weighted by Gasteiger charge is -2.10. The second-order valence-electron chi connectivity index (χ2n) is 5.23. The SMILES string of the molecule is O=C(COC(=O)CCC(=O)c1cccs1)N[C@H]1CCS(=O)(=O)C1. The molecule has 0 saturated carbocycles. The first-order valence-electron chi connectivity index (χ1n) is 7.08. The molecule has 0 bridgehead atoms. The van der Waals surface area contributed by atoms with Crippen molar-refractivity contribution in [3.8, 4) is 0 Å². The number of carbonyl (C=O) groups excluding carboxylic acids is 3. The van der Waals surface area contributed by atoms with Crippen LogP contribution < -0.4 is 5.32 Å². The summed E-state index contributed by atoms with van der Waals surface area (Å²) in [7, 11) is -3.07. The van der Waals surface area contributed by atoms with Crippen LogP contribution in [0.4, 0.5) is 0 Å². The van der Waals surface area contributed by atoms with Crippen LogP contribution in [0.5, 0.6) is 0 Å². The standard InChI is InChI=1S/C14H17NO6S2/c16-11(12-2-1-6-22-12)3-4-14(18)21-8-13(17)15-10-5-7-23(19,20)9-10/h1-2,6,10H,3-5,7-9H2,(H,15,17)/t10-/m0/s1. The third kappa shape index (κ3) is 5.76. The van der Waals surface area contributed by atoms with Gasteiger partial charge in [0.05, 0.1) is 22.8 Å². The van der Waals surface area contributed by atoms with Crippen LogP contribution in [0.3, 0.4) is 0 Å². The van der Waals surface area contributed by atoms with E-state index in [-0.39, 0.29) is 30.1 Å². The minimum absolute atomic E-state index is 0.0296. The third-order valence-corrected chi connectivity index (χ3v) is 5.99. The molecule has 0 radical (unpaired) electrons. The number of esters is 1. The van der Waals surface area contributed by atoms with Crippen molar-refractivity contribution in [1.82, 2.24) is 5.32 Å². The van der Waals surface area contributed by atoms with Gasteiger partial charge in [-0.3, -0.25) is 14.4 Å². The summed E-state index contributed by atoms with van der Waals surface area (Å²) in [5.41, 5.74) is 0. The molecule has 0 unspecified atom stereocenters. The zero-order valence-electron chi connectivity index (χ0n) is 12.3. The Morgan fingerprint density at radius 3 is 2.70 bits per heavy atom. The summed E-state index contributed by atoms with van der Waals surface area (Å²) in [6.07, 6.45) is 0.307. The molecule has 7 nitrogen and oxygen atoms in total. The van der Waals surface area contributed by atoms with E-state index in [9.17, 15) is 22.8 Å². The summed E-state index contributed by atoms with van der Waals surface area (Å²) in [6.45, 7) is -0.470. The van der Waals surface area contributed by atoms with Gasteiger partial charge >= 0.3 is 5.97 Å². The van der Waals surface area contributed by atoms with Crippen LogP contribution in [0, 0.1) is 0 Å². The van der Waals surface area contributed by atoms with E-state index in [0.717, 1.165) is 0 Å². The highest BCUT2D eigenvalue weighted by molar-refractivity contribution is 7.91. The predicted octanol–water partition coefficient (Wildman–Crippen LogP) is 0.558. The minimum atomic E-state index is -3.07. The van der Waals surface area contributed by atoms with Gasteiger partial charge in [-0.15, -0.1) is 11.3 Å². The Labute approximate surface area is 137 Å². The maximum atomic E-state index is 11.7. The maximum Gasteiger partial charge on any atom is 0.306 e. The number of rotatable bonds is 7. The van der Waals surface area contributed by atoms with E-state index < -0.39 is 34.4 Å². The molecule has 9 heteroatoms. The average molecular weight is 359 g/mol. The Balaban J connectivity index is 1.64. The Kier molecular flexibility index (Phi) is 5.89. The second-order valence-corrected chi connectivity index (χ2v) is 8.41. The molecule has 1 atom stereocenters. The van der Waals surface area contributed by atoms with E-state index in [2.05, 4.69) is 5.32 Å². The van der Waals surface area contributed by atoms with Gasteiger partial charge in [0.25, 0.3) is 5.91 Å². The summed E-state index contributed by atoms with van der Waals surface area (Å²) in [6, 6.07) is 3.01. The molecule has 0 aromatic carbocycles. The molecule has 1 amide bonds. The predicted molar refractivity (Wildman–Crippen MR) is 84.0 cm³/mol. The van der Waals surface area contributed by atoms with E-state index in [4.69, 9.17) is 4.74 Å². The highest BCUT2D eigenvalue weighted by Crippen LogP contribution is 2.13. The number of thiophene rings is 1. The highest BCUT2D eigenvalue weighted by atomic mass is 32.2. The number of carbonyl (C=O) groups is 3. The Morgan fingerprint density at radius 1 is 1.30 bits per heavy atom. The molecule has 1 aliphatic heterocycles. The Hall–Kier alpha value is -1.74. The highest BCUT2D eigenvalue weighted by Gasteiger charge is 2.29. The van der Waals surface area contributed by atoms with Gasteiger partial charge in [0.1, 0.15) is 0 Å². The number of hydrogen-bond donors (Lipinski definition) is 1. The first-order valence-corrected chi connectivity index (χ1v) is 9.78. The summed E-state index contributed by atoms with van der Waals surface area (Å²) < 4.78 is 27.3. The average Bonchev–Trinajstić information content (AvgIpc) is 3.12. The molecular formula is C14H17NO6S2. The van der Waals surface area contributed by atoms with Crippen molar-refractivity contribution < 1.29 is 27.5 Å². The van der Waals surface area contributed by atoms with Crippen molar-refractivity contribution in [3.63, 3.8) is 0 Å². The molecule has 1 fully saturated rings. The molecule has 0 aliphatic carbocycles. The Morgan fingerprint density at radius 2 is 2.09 bits per heavy atom. The fourth-order valence-corrected chi connectivity index (χ4v) is 4.54. The minimum Gasteiger partial charge on any atom is -0.456 e. The number of sulfone groups is 1. The topological polar surface area (TPSA) is 107 Å². The van der Waals surface area contributed by atoms with E-state index in [1.165, 1.54) is 11.3 Å². The summed E-state index contributed by atoms with van der Waals surface area (Å²) in [4.78, 5) is 35.4. The summed E-state index contributed by atoms with van der Waals surface area (Å²) in [5, 5.41) is 4.29. The molecule has 2 rings (SSSR count). The van der Waals surface area contributed by atoms with Gasteiger partial charge in [-0.05, 0) is 17.9 Å². The molecule has 1 aliphatic rings. The van der Waals surface area contributed by atoms with Crippen LogP contribution in [0.1, 0.15) is 28.9 Å². The number of ether oxygens (including phenoxy) is 1. The maximum absolute atomic E-state index is 11.7. The van der Waals surface area contributed by atoms with Crippen LogP contribution in [-0.2, 0) is 24.2 Å². The van der Waals surface area contributed by atoms with Crippen molar-refractivity contribution in [2.75, 3.05) is 18.1 Å².